The number of carbonyl (C=O) groups is 1. The molecular formula is C28H36N2O2. The molecule has 0 saturated heterocycles. The topological polar surface area (TPSA) is 55.1 Å². The molecule has 3 aliphatic rings. The number of hydrogen-bond donors (Lipinski definition) is 1. The molecule has 0 amide bonds. The van der Waals surface area contributed by atoms with Gasteiger partial charge in [-0.2, -0.15) is 0 Å². The lowest BCUT2D eigenvalue weighted by Crippen LogP contribution is -2.28. The van der Waals surface area contributed by atoms with Gasteiger partial charge in [-0.3, -0.25) is 4.79 Å². The molecule has 2 unspecified atom stereocenters. The predicted molar refractivity (Wildman–Crippen MR) is 129 cm³/mol. The van der Waals surface area contributed by atoms with E-state index in [1.165, 1.54) is 47.9 Å². The SMILES string of the molecule is Cc1cc(C)c2c3c(n(CC4(C)C=CC(C(C(=O)O)C5CCCC5)=CC4)c2n1)CCCC3. The Labute approximate surface area is 191 Å². The third-order valence-corrected chi connectivity index (χ3v) is 8.15. The van der Waals surface area contributed by atoms with Crippen molar-refractivity contribution in [2.75, 3.05) is 0 Å². The quantitative estimate of drug-likeness (QED) is 0.602. The van der Waals surface area contributed by atoms with E-state index < -0.39 is 5.97 Å². The van der Waals surface area contributed by atoms with Gasteiger partial charge in [-0.05, 0) is 87.5 Å². The molecule has 0 aromatic carbocycles. The summed E-state index contributed by atoms with van der Waals surface area (Å²) in [6, 6.07) is 2.22. The average molecular weight is 433 g/mol. The van der Waals surface area contributed by atoms with Gasteiger partial charge in [0.2, 0.25) is 0 Å². The highest BCUT2D eigenvalue weighted by Crippen LogP contribution is 2.42. The average Bonchev–Trinajstić information content (AvgIpc) is 3.37. The summed E-state index contributed by atoms with van der Waals surface area (Å²) in [5.41, 5.74) is 7.56. The van der Waals surface area contributed by atoms with E-state index in [1.54, 1.807) is 0 Å². The highest BCUT2D eigenvalue weighted by Gasteiger charge is 2.35. The molecule has 2 aromatic rings. The molecule has 4 heteroatoms. The molecule has 2 atom stereocenters. The van der Waals surface area contributed by atoms with Crippen LogP contribution in [0.5, 0.6) is 0 Å². The van der Waals surface area contributed by atoms with Gasteiger partial charge in [-0.25, -0.2) is 4.98 Å². The molecule has 2 aromatic heterocycles. The highest BCUT2D eigenvalue weighted by atomic mass is 16.4. The van der Waals surface area contributed by atoms with Crippen LogP contribution < -0.4 is 0 Å². The van der Waals surface area contributed by atoms with E-state index in [-0.39, 0.29) is 11.3 Å². The van der Waals surface area contributed by atoms with Gasteiger partial charge in [0.05, 0.1) is 5.92 Å². The number of carboxylic acids is 1. The van der Waals surface area contributed by atoms with Gasteiger partial charge in [0, 0.05) is 28.7 Å². The Bertz CT molecular complexity index is 1120. The molecule has 1 N–H and O–H groups in total. The van der Waals surface area contributed by atoms with Gasteiger partial charge in [0.25, 0.3) is 0 Å². The van der Waals surface area contributed by atoms with Gasteiger partial charge in [0.1, 0.15) is 5.65 Å². The van der Waals surface area contributed by atoms with Crippen LogP contribution in [-0.4, -0.2) is 20.6 Å². The number of nitrogens with zero attached hydrogens (tertiary/aromatic N) is 2. The molecular weight excluding hydrogens is 396 g/mol. The molecule has 1 saturated carbocycles. The van der Waals surface area contributed by atoms with Crippen LogP contribution in [0.4, 0.5) is 0 Å². The summed E-state index contributed by atoms with van der Waals surface area (Å²) >= 11 is 0. The van der Waals surface area contributed by atoms with Crippen molar-refractivity contribution in [1.82, 2.24) is 9.55 Å². The number of hydrogen-bond acceptors (Lipinski definition) is 2. The number of fused-ring (bicyclic) bond motifs is 3. The van der Waals surface area contributed by atoms with Gasteiger partial charge in [0.15, 0.2) is 0 Å². The van der Waals surface area contributed by atoms with E-state index >= 15 is 0 Å². The fourth-order valence-electron chi connectivity index (χ4n) is 6.54. The largest absolute Gasteiger partial charge is 0.481 e. The monoisotopic (exact) mass is 432 g/mol. The van der Waals surface area contributed by atoms with Gasteiger partial charge < -0.3 is 9.67 Å². The summed E-state index contributed by atoms with van der Waals surface area (Å²) in [4.78, 5) is 17.1. The molecule has 4 nitrogen and oxygen atoms in total. The van der Waals surface area contributed by atoms with Crippen LogP contribution in [0.15, 0.2) is 29.9 Å². The molecule has 0 spiro atoms. The Morgan fingerprint density at radius 3 is 2.66 bits per heavy atom. The van der Waals surface area contributed by atoms with E-state index in [1.807, 2.05) is 0 Å². The van der Waals surface area contributed by atoms with Crippen LogP contribution in [-0.2, 0) is 24.2 Å². The molecule has 3 aliphatic carbocycles. The Hall–Kier alpha value is -2.36. The van der Waals surface area contributed by atoms with Crippen molar-refractivity contribution in [3.05, 3.63) is 52.4 Å². The number of pyridine rings is 1. The minimum absolute atomic E-state index is 0.0290. The first-order valence-electron chi connectivity index (χ1n) is 12.5. The van der Waals surface area contributed by atoms with Crippen LogP contribution in [0, 0.1) is 31.1 Å². The second kappa shape index (κ2) is 8.20. The summed E-state index contributed by atoms with van der Waals surface area (Å²) < 4.78 is 2.50. The first kappa shape index (κ1) is 21.5. The van der Waals surface area contributed by atoms with Gasteiger partial charge in [-0.1, -0.05) is 38.0 Å². The molecule has 170 valence electrons. The molecule has 5 rings (SSSR count). The summed E-state index contributed by atoms with van der Waals surface area (Å²) in [6.45, 7) is 7.53. The molecule has 2 heterocycles. The molecule has 32 heavy (non-hydrogen) atoms. The lowest BCUT2D eigenvalue weighted by Gasteiger charge is -2.32. The predicted octanol–water partition coefficient (Wildman–Crippen LogP) is 6.32. The van der Waals surface area contributed by atoms with E-state index in [4.69, 9.17) is 4.98 Å². The lowest BCUT2D eigenvalue weighted by molar-refractivity contribution is -0.141. The molecule has 0 bridgehead atoms. The van der Waals surface area contributed by atoms with Crippen molar-refractivity contribution in [3.63, 3.8) is 0 Å². The summed E-state index contributed by atoms with van der Waals surface area (Å²) in [7, 11) is 0. The standard InChI is InChI=1S/C28H36N2O2/c1-18-16-19(2)29-26-24(18)22-10-6-7-11-23(22)30(26)17-28(3)14-12-21(13-15-28)25(27(31)32)20-8-4-5-9-20/h12-14,16,20,25H,4-11,15,17H2,1-3H3,(H,31,32). The maximum Gasteiger partial charge on any atom is 0.311 e. The Balaban J connectivity index is 1.46. The van der Waals surface area contributed by atoms with Crippen LogP contribution in [0.3, 0.4) is 0 Å². The van der Waals surface area contributed by atoms with Crippen LogP contribution in [0.1, 0.15) is 74.4 Å². The van der Waals surface area contributed by atoms with Gasteiger partial charge in [-0.15, -0.1) is 0 Å². The van der Waals surface area contributed by atoms with Crippen molar-refractivity contribution in [2.24, 2.45) is 17.3 Å². The maximum absolute atomic E-state index is 12.1. The summed E-state index contributed by atoms with van der Waals surface area (Å²) in [6.07, 6.45) is 16.8. The van der Waals surface area contributed by atoms with E-state index in [9.17, 15) is 9.90 Å². The number of aliphatic carboxylic acids is 1. The Kier molecular flexibility index (Phi) is 5.51. The third kappa shape index (κ3) is 3.72. The second-order valence-electron chi connectivity index (χ2n) is 10.8. The normalized spacial score (nSPS) is 24.5. The molecule has 1 fully saturated rings. The number of rotatable bonds is 5. The van der Waals surface area contributed by atoms with Gasteiger partial charge >= 0.3 is 5.97 Å². The van der Waals surface area contributed by atoms with Crippen molar-refractivity contribution >= 4 is 17.0 Å². The zero-order valence-electron chi connectivity index (χ0n) is 19.8. The van der Waals surface area contributed by atoms with Crippen LogP contribution in [0.25, 0.3) is 11.0 Å². The highest BCUT2D eigenvalue weighted by molar-refractivity contribution is 5.86. The number of carboxylic acid groups (broad SMARTS) is 1. The summed E-state index contributed by atoms with van der Waals surface area (Å²) in [5, 5.41) is 11.3. The van der Waals surface area contributed by atoms with E-state index in [0.717, 1.165) is 55.6 Å². The van der Waals surface area contributed by atoms with Crippen molar-refractivity contribution in [3.8, 4) is 0 Å². The van der Waals surface area contributed by atoms with Crippen molar-refractivity contribution in [1.29, 1.82) is 0 Å². The molecule has 0 aliphatic heterocycles. The van der Waals surface area contributed by atoms with Crippen LogP contribution >= 0.6 is 0 Å². The first-order chi connectivity index (χ1) is 15.4. The number of aryl methyl sites for hydroxylation is 3. The van der Waals surface area contributed by atoms with Crippen molar-refractivity contribution < 1.29 is 9.90 Å². The fourth-order valence-corrected chi connectivity index (χ4v) is 6.54. The Morgan fingerprint density at radius 2 is 1.97 bits per heavy atom. The minimum Gasteiger partial charge on any atom is -0.481 e. The third-order valence-electron chi connectivity index (χ3n) is 8.15. The first-order valence-corrected chi connectivity index (χ1v) is 12.5. The van der Waals surface area contributed by atoms with Crippen molar-refractivity contribution in [2.45, 2.75) is 85.1 Å². The minimum atomic E-state index is -0.656. The van der Waals surface area contributed by atoms with E-state index in [2.05, 4.69) is 49.6 Å². The zero-order valence-corrected chi connectivity index (χ0v) is 19.8. The fraction of sp³-hybridized carbons (Fsp3) is 0.571. The lowest BCUT2D eigenvalue weighted by atomic mass is 9.76. The molecule has 0 radical (unpaired) electrons. The maximum atomic E-state index is 12.1. The smallest absolute Gasteiger partial charge is 0.311 e. The Morgan fingerprint density at radius 1 is 1.22 bits per heavy atom. The van der Waals surface area contributed by atoms with E-state index in [0.29, 0.717) is 5.92 Å². The number of allylic oxidation sites excluding steroid dienone is 3. The van der Waals surface area contributed by atoms with Crippen LogP contribution in [0.2, 0.25) is 0 Å². The number of aromatic nitrogens is 2. The second-order valence-corrected chi connectivity index (χ2v) is 10.8. The zero-order chi connectivity index (χ0) is 22.5. The summed E-state index contributed by atoms with van der Waals surface area (Å²) in [5.74, 6) is -0.703.